The first kappa shape index (κ1) is 8.30. The molecule has 0 fully saturated rings. The molecule has 1 aromatic carbocycles. The van der Waals surface area contributed by atoms with E-state index in [1.54, 1.807) is 7.11 Å². The minimum absolute atomic E-state index is 1.01. The van der Waals surface area contributed by atoms with E-state index < -0.39 is 0 Å². The zero-order valence-corrected chi connectivity index (χ0v) is 8.00. The Morgan fingerprint density at radius 3 is 2.92 bits per heavy atom. The van der Waals surface area contributed by atoms with Crippen LogP contribution < -0.4 is 0 Å². The van der Waals surface area contributed by atoms with Gasteiger partial charge in [0.1, 0.15) is 7.11 Å². The summed E-state index contributed by atoms with van der Waals surface area (Å²) in [5, 5.41) is 4.01. The molecule has 2 rings (SSSR count). The van der Waals surface area contributed by atoms with Crippen LogP contribution in [0.3, 0.4) is 0 Å². The predicted molar refractivity (Wildman–Crippen MR) is 53.0 cm³/mol. The van der Waals surface area contributed by atoms with Crippen LogP contribution >= 0.6 is 0 Å². The number of aryl methyl sites for hydroxylation is 2. The van der Waals surface area contributed by atoms with Crippen LogP contribution in [0.15, 0.2) is 23.4 Å². The van der Waals surface area contributed by atoms with Gasteiger partial charge in [0.05, 0.1) is 5.71 Å². The second-order valence-corrected chi connectivity index (χ2v) is 3.38. The second-order valence-electron chi connectivity index (χ2n) is 3.38. The molecule has 1 aliphatic rings. The lowest BCUT2D eigenvalue weighted by Crippen LogP contribution is -1.94. The number of rotatable bonds is 1. The molecule has 0 bridgehead atoms. The van der Waals surface area contributed by atoms with Gasteiger partial charge >= 0.3 is 0 Å². The first-order valence-corrected chi connectivity index (χ1v) is 4.51. The van der Waals surface area contributed by atoms with Crippen molar-refractivity contribution in [1.82, 2.24) is 0 Å². The minimum Gasteiger partial charge on any atom is -0.399 e. The molecule has 0 spiro atoms. The van der Waals surface area contributed by atoms with Crippen molar-refractivity contribution in [2.45, 2.75) is 19.8 Å². The quantitative estimate of drug-likeness (QED) is 0.600. The molecule has 0 aliphatic heterocycles. The molecule has 0 amide bonds. The summed E-state index contributed by atoms with van der Waals surface area (Å²) >= 11 is 0. The third-order valence-electron chi connectivity index (χ3n) is 2.40. The van der Waals surface area contributed by atoms with Crippen molar-refractivity contribution in [3.8, 4) is 0 Å². The molecule has 68 valence electrons. The van der Waals surface area contributed by atoms with Crippen molar-refractivity contribution < 1.29 is 4.84 Å². The molecule has 13 heavy (non-hydrogen) atoms. The van der Waals surface area contributed by atoms with Crippen molar-refractivity contribution in [2.24, 2.45) is 5.16 Å². The standard InChI is InChI=1S/C11H13NO/c1-8-3-5-10-9(7-8)4-6-11(10)12-13-2/h3,5,7H,4,6H2,1-2H3/b12-11+. The van der Waals surface area contributed by atoms with E-state index in [0.717, 1.165) is 18.6 Å². The molecular formula is C11H13NO. The highest BCUT2D eigenvalue weighted by Gasteiger charge is 2.17. The van der Waals surface area contributed by atoms with Gasteiger partial charge in [-0.3, -0.25) is 0 Å². The largest absolute Gasteiger partial charge is 0.399 e. The maximum absolute atomic E-state index is 4.80. The zero-order chi connectivity index (χ0) is 9.26. The molecule has 0 radical (unpaired) electrons. The normalized spacial score (nSPS) is 17.5. The summed E-state index contributed by atoms with van der Waals surface area (Å²) in [6, 6.07) is 6.48. The molecule has 0 atom stereocenters. The van der Waals surface area contributed by atoms with E-state index in [9.17, 15) is 0 Å². The molecule has 2 heteroatoms. The van der Waals surface area contributed by atoms with Crippen LogP contribution in [0.5, 0.6) is 0 Å². The van der Waals surface area contributed by atoms with Gasteiger partial charge < -0.3 is 4.84 Å². The highest BCUT2D eigenvalue weighted by atomic mass is 16.6. The third kappa shape index (κ3) is 1.44. The number of oxime groups is 1. The number of hydrogen-bond acceptors (Lipinski definition) is 2. The van der Waals surface area contributed by atoms with Crippen LogP contribution in [0.2, 0.25) is 0 Å². The fourth-order valence-corrected chi connectivity index (χ4v) is 1.80. The number of hydrogen-bond donors (Lipinski definition) is 0. The summed E-state index contributed by atoms with van der Waals surface area (Å²) in [7, 11) is 1.60. The molecule has 1 aromatic rings. The van der Waals surface area contributed by atoms with E-state index in [2.05, 4.69) is 30.3 Å². The monoisotopic (exact) mass is 175 g/mol. The Bertz CT molecular complexity index is 355. The van der Waals surface area contributed by atoms with Crippen LogP contribution in [0.25, 0.3) is 0 Å². The van der Waals surface area contributed by atoms with Crippen LogP contribution in [-0.2, 0) is 11.3 Å². The molecule has 0 saturated carbocycles. The van der Waals surface area contributed by atoms with Gasteiger partial charge in [0.15, 0.2) is 0 Å². The molecule has 0 unspecified atom stereocenters. The lowest BCUT2D eigenvalue weighted by Gasteiger charge is -2.00. The maximum Gasteiger partial charge on any atom is 0.106 e. The topological polar surface area (TPSA) is 21.6 Å². The van der Waals surface area contributed by atoms with Crippen LogP contribution in [0.4, 0.5) is 0 Å². The molecule has 2 nitrogen and oxygen atoms in total. The SMILES string of the molecule is CO/N=C1\CCc2cc(C)ccc21. The molecule has 0 N–H and O–H groups in total. The summed E-state index contributed by atoms with van der Waals surface area (Å²) in [5.74, 6) is 0. The van der Waals surface area contributed by atoms with E-state index in [0.29, 0.717) is 0 Å². The minimum atomic E-state index is 1.01. The van der Waals surface area contributed by atoms with E-state index in [-0.39, 0.29) is 0 Å². The van der Waals surface area contributed by atoms with Crippen molar-refractivity contribution >= 4 is 5.71 Å². The van der Waals surface area contributed by atoms with Gasteiger partial charge in [-0.2, -0.15) is 0 Å². The Balaban J connectivity index is 2.44. The Morgan fingerprint density at radius 1 is 1.31 bits per heavy atom. The van der Waals surface area contributed by atoms with Crippen LogP contribution in [-0.4, -0.2) is 12.8 Å². The number of benzene rings is 1. The van der Waals surface area contributed by atoms with E-state index in [1.165, 1.54) is 16.7 Å². The second kappa shape index (κ2) is 3.21. The Hall–Kier alpha value is -1.31. The fraction of sp³-hybridized carbons (Fsp3) is 0.364. The summed E-state index contributed by atoms with van der Waals surface area (Å²) in [6.07, 6.45) is 2.10. The number of fused-ring (bicyclic) bond motifs is 1. The summed E-state index contributed by atoms with van der Waals surface area (Å²) in [6.45, 7) is 2.12. The van der Waals surface area contributed by atoms with Crippen molar-refractivity contribution in [2.75, 3.05) is 7.11 Å². The highest BCUT2D eigenvalue weighted by Crippen LogP contribution is 2.23. The smallest absolute Gasteiger partial charge is 0.106 e. The Labute approximate surface area is 78.2 Å². The van der Waals surface area contributed by atoms with Gasteiger partial charge in [0.2, 0.25) is 0 Å². The molecule has 1 aliphatic carbocycles. The van der Waals surface area contributed by atoms with Gasteiger partial charge in [-0.25, -0.2) is 0 Å². The summed E-state index contributed by atoms with van der Waals surface area (Å²) < 4.78 is 0. The van der Waals surface area contributed by atoms with E-state index >= 15 is 0 Å². The van der Waals surface area contributed by atoms with Gasteiger partial charge in [-0.05, 0) is 25.3 Å². The average Bonchev–Trinajstić information content (AvgIpc) is 2.49. The molecule has 0 heterocycles. The maximum atomic E-state index is 4.80. The average molecular weight is 175 g/mol. The fourth-order valence-electron chi connectivity index (χ4n) is 1.80. The lowest BCUT2D eigenvalue weighted by atomic mass is 10.1. The Kier molecular flexibility index (Phi) is 2.05. The Morgan fingerprint density at radius 2 is 2.15 bits per heavy atom. The summed E-state index contributed by atoms with van der Waals surface area (Å²) in [4.78, 5) is 4.80. The first-order valence-electron chi connectivity index (χ1n) is 4.51. The third-order valence-corrected chi connectivity index (χ3v) is 2.40. The molecular weight excluding hydrogens is 162 g/mol. The van der Waals surface area contributed by atoms with Crippen molar-refractivity contribution in [1.29, 1.82) is 0 Å². The van der Waals surface area contributed by atoms with Gasteiger partial charge in [0, 0.05) is 5.56 Å². The van der Waals surface area contributed by atoms with Crippen LogP contribution in [0.1, 0.15) is 23.1 Å². The predicted octanol–water partition coefficient (Wildman–Crippen LogP) is 2.29. The van der Waals surface area contributed by atoms with E-state index in [1.807, 2.05) is 0 Å². The zero-order valence-electron chi connectivity index (χ0n) is 8.00. The van der Waals surface area contributed by atoms with E-state index in [4.69, 9.17) is 4.84 Å². The molecule has 0 aromatic heterocycles. The van der Waals surface area contributed by atoms with Gasteiger partial charge in [-0.15, -0.1) is 0 Å². The number of nitrogens with zero attached hydrogens (tertiary/aromatic N) is 1. The van der Waals surface area contributed by atoms with Gasteiger partial charge in [0.25, 0.3) is 0 Å². The highest BCUT2D eigenvalue weighted by molar-refractivity contribution is 6.04. The van der Waals surface area contributed by atoms with Crippen molar-refractivity contribution in [3.05, 3.63) is 34.9 Å². The van der Waals surface area contributed by atoms with Crippen molar-refractivity contribution in [3.63, 3.8) is 0 Å². The first-order chi connectivity index (χ1) is 6.31. The lowest BCUT2D eigenvalue weighted by molar-refractivity contribution is 0.213. The molecule has 0 saturated heterocycles. The summed E-state index contributed by atoms with van der Waals surface area (Å²) in [5.41, 5.74) is 5.05. The van der Waals surface area contributed by atoms with Crippen LogP contribution in [0, 0.1) is 6.92 Å². The van der Waals surface area contributed by atoms with Gasteiger partial charge in [-0.1, -0.05) is 28.9 Å².